The molecule has 160 valence electrons. The molecule has 0 unspecified atom stereocenters. The highest BCUT2D eigenvalue weighted by Gasteiger charge is 2.18. The standard InChI is InChI=1S/C24H27N5OS/c1-4-13-28(16-20-11-9-19(15-25)10-12-20)22(30)17-31-24-27-26-23(29(24)5-2)21-8-6-7-18(3)14-21/h6-12,14H,4-5,13,16-17H2,1-3H3. The second-order valence-electron chi connectivity index (χ2n) is 7.33. The molecule has 2 aromatic carbocycles. The minimum absolute atomic E-state index is 0.0685. The average molecular weight is 434 g/mol. The molecule has 0 saturated heterocycles. The van der Waals surface area contributed by atoms with E-state index < -0.39 is 0 Å². The number of hydrogen-bond donors (Lipinski definition) is 0. The molecule has 3 rings (SSSR count). The molecular weight excluding hydrogens is 406 g/mol. The maximum atomic E-state index is 13.0. The summed E-state index contributed by atoms with van der Waals surface area (Å²) in [4.78, 5) is 14.8. The Hall–Kier alpha value is -3.11. The van der Waals surface area contributed by atoms with Crippen molar-refractivity contribution in [1.29, 1.82) is 5.26 Å². The van der Waals surface area contributed by atoms with E-state index >= 15 is 0 Å². The van der Waals surface area contributed by atoms with Gasteiger partial charge in [-0.15, -0.1) is 10.2 Å². The third-order valence-corrected chi connectivity index (χ3v) is 5.89. The zero-order valence-corrected chi connectivity index (χ0v) is 19.0. The smallest absolute Gasteiger partial charge is 0.233 e. The molecule has 0 aliphatic rings. The number of nitrogens with zero attached hydrogens (tertiary/aromatic N) is 5. The second kappa shape index (κ2) is 10.8. The van der Waals surface area contributed by atoms with Crippen LogP contribution in [0.1, 0.15) is 37.0 Å². The monoisotopic (exact) mass is 433 g/mol. The molecule has 0 aliphatic carbocycles. The summed E-state index contributed by atoms with van der Waals surface area (Å²) in [6, 6.07) is 17.7. The predicted octanol–water partition coefficient (Wildman–Crippen LogP) is 4.68. The van der Waals surface area contributed by atoms with Crippen LogP contribution in [0.3, 0.4) is 0 Å². The first-order chi connectivity index (χ1) is 15.0. The number of benzene rings is 2. The number of aromatic nitrogens is 3. The number of thioether (sulfide) groups is 1. The third kappa shape index (κ3) is 5.74. The molecular formula is C24H27N5OS. The zero-order chi connectivity index (χ0) is 22.2. The average Bonchev–Trinajstić information content (AvgIpc) is 3.20. The van der Waals surface area contributed by atoms with Crippen LogP contribution in [-0.2, 0) is 17.9 Å². The van der Waals surface area contributed by atoms with E-state index in [0.29, 0.717) is 24.4 Å². The second-order valence-corrected chi connectivity index (χ2v) is 8.28. The Balaban J connectivity index is 1.69. The molecule has 1 aromatic heterocycles. The Bertz CT molecular complexity index is 1070. The summed E-state index contributed by atoms with van der Waals surface area (Å²) in [6.45, 7) is 8.14. The van der Waals surface area contributed by atoms with Gasteiger partial charge in [0.25, 0.3) is 0 Å². The van der Waals surface area contributed by atoms with E-state index in [1.807, 2.05) is 29.2 Å². The first-order valence-electron chi connectivity index (χ1n) is 10.5. The number of nitriles is 1. The molecule has 1 amide bonds. The molecule has 3 aromatic rings. The fraction of sp³-hybridized carbons (Fsp3) is 0.333. The topological polar surface area (TPSA) is 74.8 Å². The first kappa shape index (κ1) is 22.6. The maximum absolute atomic E-state index is 13.0. The maximum Gasteiger partial charge on any atom is 0.233 e. The molecule has 0 N–H and O–H groups in total. The van der Waals surface area contributed by atoms with Gasteiger partial charge in [0.15, 0.2) is 11.0 Å². The Morgan fingerprint density at radius 1 is 1.16 bits per heavy atom. The van der Waals surface area contributed by atoms with Crippen LogP contribution in [0.5, 0.6) is 0 Å². The molecule has 6 nitrogen and oxygen atoms in total. The summed E-state index contributed by atoms with van der Waals surface area (Å²) < 4.78 is 2.05. The van der Waals surface area contributed by atoms with Gasteiger partial charge in [0, 0.05) is 25.2 Å². The van der Waals surface area contributed by atoms with Crippen molar-refractivity contribution in [3.05, 3.63) is 65.2 Å². The predicted molar refractivity (Wildman–Crippen MR) is 123 cm³/mol. The van der Waals surface area contributed by atoms with E-state index in [1.165, 1.54) is 17.3 Å². The Morgan fingerprint density at radius 2 is 1.94 bits per heavy atom. The van der Waals surface area contributed by atoms with Crippen molar-refractivity contribution in [3.8, 4) is 17.5 Å². The molecule has 0 spiro atoms. The summed E-state index contributed by atoms with van der Waals surface area (Å²) >= 11 is 1.43. The van der Waals surface area contributed by atoms with Crippen LogP contribution in [0.4, 0.5) is 0 Å². The van der Waals surface area contributed by atoms with Crippen LogP contribution in [0.25, 0.3) is 11.4 Å². The van der Waals surface area contributed by atoms with Crippen LogP contribution in [0.2, 0.25) is 0 Å². The summed E-state index contributed by atoms with van der Waals surface area (Å²) in [7, 11) is 0. The van der Waals surface area contributed by atoms with E-state index in [9.17, 15) is 4.79 Å². The normalized spacial score (nSPS) is 10.6. The van der Waals surface area contributed by atoms with Gasteiger partial charge in [0.05, 0.1) is 17.4 Å². The van der Waals surface area contributed by atoms with Crippen molar-refractivity contribution in [2.75, 3.05) is 12.3 Å². The quantitative estimate of drug-likeness (QED) is 0.458. The van der Waals surface area contributed by atoms with Crippen molar-refractivity contribution < 1.29 is 4.79 Å². The van der Waals surface area contributed by atoms with Gasteiger partial charge in [-0.2, -0.15) is 5.26 Å². The highest BCUT2D eigenvalue weighted by atomic mass is 32.2. The van der Waals surface area contributed by atoms with Crippen LogP contribution in [-0.4, -0.2) is 37.9 Å². The number of carbonyl (C=O) groups excluding carboxylic acids is 1. The van der Waals surface area contributed by atoms with Crippen molar-refractivity contribution >= 4 is 17.7 Å². The van der Waals surface area contributed by atoms with E-state index in [2.05, 4.69) is 53.7 Å². The van der Waals surface area contributed by atoms with Crippen molar-refractivity contribution in [1.82, 2.24) is 19.7 Å². The van der Waals surface area contributed by atoms with Crippen LogP contribution < -0.4 is 0 Å². The number of amides is 1. The molecule has 0 atom stereocenters. The first-order valence-corrected chi connectivity index (χ1v) is 11.4. The molecule has 0 radical (unpaired) electrons. The van der Waals surface area contributed by atoms with Gasteiger partial charge in [-0.05, 0) is 44.0 Å². The largest absolute Gasteiger partial charge is 0.338 e. The van der Waals surface area contributed by atoms with Crippen LogP contribution in [0, 0.1) is 18.3 Å². The minimum Gasteiger partial charge on any atom is -0.338 e. The van der Waals surface area contributed by atoms with Crippen LogP contribution >= 0.6 is 11.8 Å². The number of hydrogen-bond acceptors (Lipinski definition) is 5. The molecule has 0 bridgehead atoms. The number of carbonyl (C=O) groups is 1. The molecule has 0 aliphatic heterocycles. The van der Waals surface area contributed by atoms with Gasteiger partial charge in [0.2, 0.25) is 5.91 Å². The molecule has 31 heavy (non-hydrogen) atoms. The highest BCUT2D eigenvalue weighted by Crippen LogP contribution is 2.25. The molecule has 7 heteroatoms. The fourth-order valence-electron chi connectivity index (χ4n) is 3.36. The Kier molecular flexibility index (Phi) is 7.85. The van der Waals surface area contributed by atoms with Crippen LogP contribution in [0.15, 0.2) is 53.7 Å². The number of aryl methyl sites for hydroxylation is 1. The fourth-order valence-corrected chi connectivity index (χ4v) is 4.27. The molecule has 0 fully saturated rings. The van der Waals surface area contributed by atoms with Gasteiger partial charge >= 0.3 is 0 Å². The lowest BCUT2D eigenvalue weighted by molar-refractivity contribution is -0.129. The number of rotatable bonds is 9. The van der Waals surface area contributed by atoms with Crippen molar-refractivity contribution in [2.45, 2.75) is 45.4 Å². The summed E-state index contributed by atoms with van der Waals surface area (Å²) in [5.41, 5.74) is 3.84. The summed E-state index contributed by atoms with van der Waals surface area (Å²) in [5, 5.41) is 18.4. The molecule has 0 saturated carbocycles. The van der Waals surface area contributed by atoms with Gasteiger partial charge in [-0.25, -0.2) is 0 Å². The lowest BCUT2D eigenvalue weighted by Crippen LogP contribution is -2.32. The van der Waals surface area contributed by atoms with Gasteiger partial charge in [-0.1, -0.05) is 54.6 Å². The van der Waals surface area contributed by atoms with Crippen molar-refractivity contribution in [3.63, 3.8) is 0 Å². The van der Waals surface area contributed by atoms with E-state index in [4.69, 9.17) is 5.26 Å². The van der Waals surface area contributed by atoms with Gasteiger partial charge in [0.1, 0.15) is 0 Å². The summed E-state index contributed by atoms with van der Waals surface area (Å²) in [5.74, 6) is 1.20. The van der Waals surface area contributed by atoms with E-state index in [0.717, 1.165) is 35.1 Å². The lowest BCUT2D eigenvalue weighted by Gasteiger charge is -2.22. The van der Waals surface area contributed by atoms with E-state index in [-0.39, 0.29) is 5.91 Å². The molecule has 1 heterocycles. The lowest BCUT2D eigenvalue weighted by atomic mass is 10.1. The van der Waals surface area contributed by atoms with Gasteiger partial charge in [-0.3, -0.25) is 4.79 Å². The third-order valence-electron chi connectivity index (χ3n) is 4.94. The van der Waals surface area contributed by atoms with Crippen molar-refractivity contribution in [2.24, 2.45) is 0 Å². The van der Waals surface area contributed by atoms with Gasteiger partial charge < -0.3 is 9.47 Å². The Morgan fingerprint density at radius 3 is 2.58 bits per heavy atom. The SMILES string of the molecule is CCCN(Cc1ccc(C#N)cc1)C(=O)CSc1nnc(-c2cccc(C)c2)n1CC. The highest BCUT2D eigenvalue weighted by molar-refractivity contribution is 7.99. The Labute approximate surface area is 187 Å². The zero-order valence-electron chi connectivity index (χ0n) is 18.2. The summed E-state index contributed by atoms with van der Waals surface area (Å²) in [6.07, 6.45) is 0.884. The minimum atomic E-state index is 0.0685. The van der Waals surface area contributed by atoms with E-state index in [1.54, 1.807) is 12.1 Å².